The summed E-state index contributed by atoms with van der Waals surface area (Å²) in [6.07, 6.45) is 13.4. The zero-order chi connectivity index (χ0) is 28.0. The Morgan fingerprint density at radius 3 is 1.39 bits per heavy atom. The van der Waals surface area contributed by atoms with E-state index < -0.39 is 0 Å². The average molecular weight is 587 g/mol. The lowest BCUT2D eigenvalue weighted by Gasteiger charge is -2.18. The second kappa shape index (κ2) is 12.6. The molecule has 0 saturated carbocycles. The molecule has 0 unspecified atom stereocenters. The van der Waals surface area contributed by atoms with Gasteiger partial charge in [0.15, 0.2) is 0 Å². The van der Waals surface area contributed by atoms with E-state index in [1.54, 1.807) is 11.8 Å². The van der Waals surface area contributed by atoms with E-state index in [9.17, 15) is 0 Å². The lowest BCUT2D eigenvalue weighted by atomic mass is 10.1. The molecule has 0 aliphatic heterocycles. The second-order valence-electron chi connectivity index (χ2n) is 9.53. The molecule has 0 atom stereocenters. The minimum absolute atomic E-state index is 0.725. The first-order valence-corrected chi connectivity index (χ1v) is 15.0. The van der Waals surface area contributed by atoms with Crippen molar-refractivity contribution in [1.29, 1.82) is 0 Å². The van der Waals surface area contributed by atoms with Gasteiger partial charge in [0.25, 0.3) is 0 Å². The van der Waals surface area contributed by atoms with Gasteiger partial charge in [0.2, 0.25) is 0 Å². The molecule has 200 valence electrons. The molecular formula is C36H26O2S3. The molecule has 41 heavy (non-hydrogen) atoms. The number of ether oxygens (including phenoxy) is 2. The molecule has 0 spiro atoms. The molecule has 2 aliphatic carbocycles. The molecule has 5 heteroatoms. The molecule has 4 aromatic rings. The van der Waals surface area contributed by atoms with Gasteiger partial charge in [-0.05, 0) is 70.8 Å². The molecule has 0 saturated heterocycles. The molecule has 4 aromatic carbocycles. The van der Waals surface area contributed by atoms with Crippen LogP contribution in [0.3, 0.4) is 0 Å². The zero-order valence-electron chi connectivity index (χ0n) is 22.2. The maximum absolute atomic E-state index is 6.25. The summed E-state index contributed by atoms with van der Waals surface area (Å²) in [4.78, 5) is 3.86. The molecule has 2 nitrogen and oxygen atoms in total. The van der Waals surface area contributed by atoms with Crippen molar-refractivity contribution < 1.29 is 9.47 Å². The van der Waals surface area contributed by atoms with Gasteiger partial charge in [0.1, 0.15) is 23.0 Å². The molecule has 0 aromatic heterocycles. The van der Waals surface area contributed by atoms with E-state index in [1.807, 2.05) is 60.7 Å². The van der Waals surface area contributed by atoms with Crippen molar-refractivity contribution in [3.8, 4) is 33.8 Å². The fraction of sp³-hybridized carbons (Fsp3) is 0.0556. The third kappa shape index (κ3) is 6.49. The second-order valence-corrected chi connectivity index (χ2v) is 11.6. The van der Waals surface area contributed by atoms with Crippen molar-refractivity contribution >= 4 is 45.9 Å². The first-order chi connectivity index (χ1) is 20.1. The van der Waals surface area contributed by atoms with Gasteiger partial charge in [-0.15, -0.1) is 0 Å². The van der Waals surface area contributed by atoms with Crippen LogP contribution in [0.4, 0.5) is 0 Å². The van der Waals surface area contributed by atoms with Crippen LogP contribution in [0.1, 0.15) is 12.8 Å². The summed E-state index contributed by atoms with van der Waals surface area (Å²) in [5.41, 5.74) is 4.42. The normalized spacial score (nSPS) is 14.4. The molecule has 0 fully saturated rings. The number of benzene rings is 4. The third-order valence-electron chi connectivity index (χ3n) is 6.67. The van der Waals surface area contributed by atoms with Crippen molar-refractivity contribution in [2.24, 2.45) is 0 Å². The molecule has 0 amide bonds. The van der Waals surface area contributed by atoms with E-state index in [4.69, 9.17) is 33.9 Å². The number of thiocarbonyl (C=S) groups is 2. The summed E-state index contributed by atoms with van der Waals surface area (Å²) in [5.74, 6) is 2.98. The quantitative estimate of drug-likeness (QED) is 0.191. The summed E-state index contributed by atoms with van der Waals surface area (Å²) < 4.78 is 12.5. The summed E-state index contributed by atoms with van der Waals surface area (Å²) >= 11 is 12.8. The monoisotopic (exact) mass is 586 g/mol. The van der Waals surface area contributed by atoms with Gasteiger partial charge in [0.05, 0.1) is 9.73 Å². The smallest absolute Gasteiger partial charge is 0.141 e. The molecular weight excluding hydrogens is 561 g/mol. The van der Waals surface area contributed by atoms with E-state index in [2.05, 4.69) is 72.8 Å². The highest BCUT2D eigenvalue weighted by atomic mass is 32.2. The Bertz CT molecular complexity index is 1600. The van der Waals surface area contributed by atoms with Crippen LogP contribution < -0.4 is 9.47 Å². The zero-order valence-corrected chi connectivity index (χ0v) is 24.6. The van der Waals surface area contributed by atoms with Gasteiger partial charge in [-0.1, -0.05) is 121 Å². The number of hydrogen-bond donors (Lipinski definition) is 0. The predicted molar refractivity (Wildman–Crippen MR) is 178 cm³/mol. The average Bonchev–Trinajstić information content (AvgIpc) is 3.02. The Morgan fingerprint density at radius 2 is 0.976 bits per heavy atom. The maximum atomic E-state index is 6.25. The largest absolute Gasteiger partial charge is 0.456 e. The van der Waals surface area contributed by atoms with Gasteiger partial charge >= 0.3 is 0 Å². The molecule has 0 radical (unpaired) electrons. The van der Waals surface area contributed by atoms with Crippen LogP contribution in [-0.4, -0.2) is 9.73 Å². The van der Waals surface area contributed by atoms with E-state index in [0.717, 1.165) is 77.6 Å². The van der Waals surface area contributed by atoms with Gasteiger partial charge in [-0.25, -0.2) is 0 Å². The van der Waals surface area contributed by atoms with Crippen LogP contribution >= 0.6 is 36.2 Å². The van der Waals surface area contributed by atoms with E-state index in [0.29, 0.717) is 0 Å². The van der Waals surface area contributed by atoms with Crippen LogP contribution in [0.15, 0.2) is 155 Å². The van der Waals surface area contributed by atoms with Crippen molar-refractivity contribution in [1.82, 2.24) is 0 Å². The van der Waals surface area contributed by atoms with Crippen LogP contribution in [0.5, 0.6) is 11.5 Å². The Kier molecular flexibility index (Phi) is 8.38. The van der Waals surface area contributed by atoms with Crippen molar-refractivity contribution in [3.05, 3.63) is 145 Å². The van der Waals surface area contributed by atoms with Crippen molar-refractivity contribution in [2.45, 2.75) is 22.6 Å². The van der Waals surface area contributed by atoms with Crippen LogP contribution in [-0.2, 0) is 0 Å². The summed E-state index contributed by atoms with van der Waals surface area (Å²) in [6.45, 7) is 0. The molecule has 0 heterocycles. The van der Waals surface area contributed by atoms with E-state index >= 15 is 0 Å². The highest BCUT2D eigenvalue weighted by Crippen LogP contribution is 2.43. The van der Waals surface area contributed by atoms with Crippen LogP contribution in [0, 0.1) is 0 Å². The topological polar surface area (TPSA) is 18.5 Å². The van der Waals surface area contributed by atoms with Gasteiger partial charge < -0.3 is 9.47 Å². The fourth-order valence-electron chi connectivity index (χ4n) is 4.61. The SMILES string of the molecule is S=C1CC=CC=C1Oc1ccc(Sc2ccc(OC3=CC=CCC3=S)cc2-c2ccccc2)c(-c2ccccc2)c1. The minimum atomic E-state index is 0.725. The van der Waals surface area contributed by atoms with Crippen LogP contribution in [0.2, 0.25) is 0 Å². The predicted octanol–water partition coefficient (Wildman–Crippen LogP) is 10.4. The lowest BCUT2D eigenvalue weighted by Crippen LogP contribution is -2.08. The van der Waals surface area contributed by atoms with Gasteiger partial charge in [-0.3, -0.25) is 0 Å². The lowest BCUT2D eigenvalue weighted by molar-refractivity contribution is 0.454. The Hall–Kier alpha value is -4.03. The highest BCUT2D eigenvalue weighted by molar-refractivity contribution is 7.99. The van der Waals surface area contributed by atoms with Crippen molar-refractivity contribution in [3.63, 3.8) is 0 Å². The Morgan fingerprint density at radius 1 is 0.537 bits per heavy atom. The van der Waals surface area contributed by atoms with Crippen LogP contribution in [0.25, 0.3) is 22.3 Å². The summed E-state index contributed by atoms with van der Waals surface area (Å²) in [5, 5.41) is 0. The first kappa shape index (κ1) is 27.2. The first-order valence-electron chi connectivity index (χ1n) is 13.4. The molecule has 0 bridgehead atoms. The number of allylic oxidation sites excluding steroid dienone is 8. The number of rotatable bonds is 8. The van der Waals surface area contributed by atoms with E-state index in [-0.39, 0.29) is 0 Å². The molecule has 2 aliphatic rings. The fourth-order valence-corrected chi connectivity index (χ4v) is 6.11. The maximum Gasteiger partial charge on any atom is 0.141 e. The Balaban J connectivity index is 1.38. The highest BCUT2D eigenvalue weighted by Gasteiger charge is 2.16. The third-order valence-corrected chi connectivity index (χ3v) is 8.56. The van der Waals surface area contributed by atoms with Gasteiger partial charge in [0, 0.05) is 22.6 Å². The molecule has 6 rings (SSSR count). The summed E-state index contributed by atoms with van der Waals surface area (Å²) in [7, 11) is 0. The van der Waals surface area contributed by atoms with Gasteiger partial charge in [-0.2, -0.15) is 0 Å². The number of hydrogen-bond acceptors (Lipinski definition) is 5. The summed E-state index contributed by atoms with van der Waals surface area (Å²) in [6, 6.07) is 33.3. The van der Waals surface area contributed by atoms with Crippen molar-refractivity contribution in [2.75, 3.05) is 0 Å². The minimum Gasteiger partial charge on any atom is -0.456 e. The standard InChI is InChI=1S/C36H26O2S3/c39-33-17-9-7-15-31(33)37-27-19-21-35(29(23-27)25-11-3-1-4-12-25)41-36-22-20-28(38-32-16-8-10-18-34(32)40)24-30(36)26-13-5-2-6-14-26/h1-16,19-24H,17-18H2. The Labute approximate surface area is 255 Å². The van der Waals surface area contributed by atoms with E-state index in [1.165, 1.54) is 0 Å². The molecule has 0 N–H and O–H groups in total.